The summed E-state index contributed by atoms with van der Waals surface area (Å²) >= 11 is 0. The van der Waals surface area contributed by atoms with Crippen molar-refractivity contribution in [1.82, 2.24) is 0 Å². The van der Waals surface area contributed by atoms with Gasteiger partial charge in [-0.25, -0.2) is 0 Å². The van der Waals surface area contributed by atoms with E-state index in [9.17, 15) is 0 Å². The predicted octanol–water partition coefficient (Wildman–Crippen LogP) is 2.92. The van der Waals surface area contributed by atoms with Crippen molar-refractivity contribution in [3.63, 3.8) is 0 Å². The van der Waals surface area contributed by atoms with Crippen LogP contribution in [0.4, 0.5) is 0 Å². The summed E-state index contributed by atoms with van der Waals surface area (Å²) in [5, 5.41) is 8.63. The predicted molar refractivity (Wildman–Crippen MR) is 62.5 cm³/mol. The number of aromatic hydroxyl groups is 1. The van der Waals surface area contributed by atoms with Gasteiger partial charge in [-0.05, 0) is 12.1 Å². The van der Waals surface area contributed by atoms with Crippen molar-refractivity contribution in [2.24, 2.45) is 0 Å². The van der Waals surface area contributed by atoms with Crippen molar-refractivity contribution in [3.05, 3.63) is 66.7 Å². The third-order valence-corrected chi connectivity index (χ3v) is 1.42. The van der Waals surface area contributed by atoms with Crippen molar-refractivity contribution >= 4 is 23.1 Å². The molecular weight excluding hydrogens is 184 g/mol. The molecule has 1 nitrogen and oxygen atoms in total. The first-order chi connectivity index (χ1) is 6.39. The molecule has 0 bridgehead atoms. The monoisotopic (exact) mass is 198 g/mol. The van der Waals surface area contributed by atoms with Crippen LogP contribution < -0.4 is 0 Å². The van der Waals surface area contributed by atoms with Crippen molar-refractivity contribution in [2.45, 2.75) is 0 Å². The van der Waals surface area contributed by atoms with Gasteiger partial charge in [-0.15, -0.1) is 0 Å². The van der Waals surface area contributed by atoms with Gasteiger partial charge in [0, 0.05) is 0 Å². The summed E-state index contributed by atoms with van der Waals surface area (Å²) in [6, 6.07) is 20.7. The second-order valence-electron chi connectivity index (χ2n) is 2.49. The minimum Gasteiger partial charge on any atom is -1.00 e. The number of phenols is 1. The zero-order chi connectivity index (χ0) is 9.36. The molecule has 0 aliphatic carbocycles. The van der Waals surface area contributed by atoms with Crippen molar-refractivity contribution in [3.8, 4) is 5.75 Å². The fourth-order valence-corrected chi connectivity index (χ4v) is 0.813. The fourth-order valence-electron chi connectivity index (χ4n) is 0.813. The number of para-hydroxylation sites is 1. The molecule has 2 aromatic carbocycles. The molecule has 2 aromatic rings. The summed E-state index contributed by atoms with van der Waals surface area (Å²) in [5.41, 5.74) is 0. The van der Waals surface area contributed by atoms with Gasteiger partial charge in [-0.1, -0.05) is 54.6 Å². The van der Waals surface area contributed by atoms with Crippen LogP contribution in [-0.4, -0.2) is 28.2 Å². The van der Waals surface area contributed by atoms with E-state index in [1.54, 1.807) is 24.3 Å². The van der Waals surface area contributed by atoms with Gasteiger partial charge in [0.2, 0.25) is 0 Å². The average Bonchev–Trinajstić information content (AvgIpc) is 2.22. The van der Waals surface area contributed by atoms with E-state index in [4.69, 9.17) is 5.11 Å². The summed E-state index contributed by atoms with van der Waals surface area (Å²) in [4.78, 5) is 0. The molecule has 0 aliphatic rings. The van der Waals surface area contributed by atoms with E-state index in [1.807, 2.05) is 42.5 Å². The zero-order valence-corrected chi connectivity index (χ0v) is 9.42. The van der Waals surface area contributed by atoms with E-state index >= 15 is 0 Å². The van der Waals surface area contributed by atoms with Crippen LogP contribution >= 0.6 is 0 Å². The summed E-state index contributed by atoms with van der Waals surface area (Å²) in [6.45, 7) is 0. The molecule has 0 saturated carbocycles. The number of hydrogen-bond acceptors (Lipinski definition) is 1. The fraction of sp³-hybridized carbons (Fsp3) is 0. The first-order valence-corrected chi connectivity index (χ1v) is 4.13. The van der Waals surface area contributed by atoms with Gasteiger partial charge < -0.3 is 7.96 Å². The van der Waals surface area contributed by atoms with Gasteiger partial charge in [0.05, 0.1) is 0 Å². The molecule has 0 aliphatic heterocycles. The van der Waals surface area contributed by atoms with Gasteiger partial charge in [0.15, 0.2) is 0 Å². The van der Waals surface area contributed by atoms with Gasteiger partial charge in [-0.3, -0.25) is 0 Å². The van der Waals surface area contributed by atoms with Crippen molar-refractivity contribution < 1.29 is 7.96 Å². The Morgan fingerprint density at radius 2 is 0.929 bits per heavy atom. The molecule has 0 saturated heterocycles. The molecular formula is C12H14MgO. The summed E-state index contributed by atoms with van der Waals surface area (Å²) in [5.74, 6) is 0.322. The molecule has 70 valence electrons. The van der Waals surface area contributed by atoms with E-state index < -0.39 is 0 Å². The topological polar surface area (TPSA) is 20.2 Å². The molecule has 2 rings (SSSR count). The molecule has 2 heteroatoms. The quantitative estimate of drug-likeness (QED) is 0.646. The number of rotatable bonds is 0. The summed E-state index contributed by atoms with van der Waals surface area (Å²) in [6.07, 6.45) is 0. The SMILES string of the molecule is Oc1ccccc1.[H-].[H-].[Mg+2].c1ccccc1. The maximum atomic E-state index is 8.63. The summed E-state index contributed by atoms with van der Waals surface area (Å²) < 4.78 is 0. The van der Waals surface area contributed by atoms with Crippen LogP contribution in [-0.2, 0) is 0 Å². The molecule has 0 amide bonds. The minimum atomic E-state index is 0. The van der Waals surface area contributed by atoms with Crippen LogP contribution in [0, 0.1) is 0 Å². The van der Waals surface area contributed by atoms with Crippen molar-refractivity contribution in [1.29, 1.82) is 0 Å². The standard InChI is InChI=1S/C6H6O.C6H6.Mg.2H/c7-6-4-2-1-3-5-6;1-2-4-6-5-3-1;;;/h1-5,7H;1-6H;;;/q;;+2;2*-1. The average molecular weight is 199 g/mol. The van der Waals surface area contributed by atoms with Crippen LogP contribution in [0.25, 0.3) is 0 Å². The van der Waals surface area contributed by atoms with E-state index in [2.05, 4.69) is 0 Å². The molecule has 0 radical (unpaired) electrons. The van der Waals surface area contributed by atoms with Crippen LogP contribution in [0.15, 0.2) is 66.7 Å². The molecule has 0 spiro atoms. The Hall–Kier alpha value is -0.994. The third-order valence-electron chi connectivity index (χ3n) is 1.42. The Balaban J connectivity index is -0.000000179. The Labute approximate surface area is 104 Å². The third kappa shape index (κ3) is 6.51. The molecule has 0 aromatic heterocycles. The van der Waals surface area contributed by atoms with Gasteiger partial charge in [0.1, 0.15) is 5.75 Å². The van der Waals surface area contributed by atoms with Crippen LogP contribution in [0.5, 0.6) is 5.75 Å². The largest absolute Gasteiger partial charge is 2.00 e. The summed E-state index contributed by atoms with van der Waals surface area (Å²) in [7, 11) is 0. The molecule has 1 N–H and O–H groups in total. The maximum Gasteiger partial charge on any atom is 2.00 e. The maximum absolute atomic E-state index is 8.63. The number of benzene rings is 2. The van der Waals surface area contributed by atoms with E-state index in [0.717, 1.165) is 0 Å². The Kier molecular flexibility index (Phi) is 7.99. The van der Waals surface area contributed by atoms with Gasteiger partial charge in [0.25, 0.3) is 0 Å². The molecule has 0 heterocycles. The van der Waals surface area contributed by atoms with Crippen LogP contribution in [0.2, 0.25) is 0 Å². The normalized spacial score (nSPS) is 7.71. The first kappa shape index (κ1) is 13.0. The zero-order valence-electron chi connectivity index (χ0n) is 10.0. The molecule has 0 unspecified atom stereocenters. The first-order valence-electron chi connectivity index (χ1n) is 4.13. The van der Waals surface area contributed by atoms with Crippen LogP contribution in [0.3, 0.4) is 0 Å². The van der Waals surface area contributed by atoms with Gasteiger partial charge in [-0.2, -0.15) is 0 Å². The second-order valence-corrected chi connectivity index (χ2v) is 2.49. The number of phenolic OH excluding ortho intramolecular Hbond substituents is 1. The molecule has 0 fully saturated rings. The Bertz CT molecular complexity index is 290. The van der Waals surface area contributed by atoms with Crippen molar-refractivity contribution in [2.75, 3.05) is 0 Å². The minimum absolute atomic E-state index is 0. The Morgan fingerprint density at radius 1 is 0.643 bits per heavy atom. The van der Waals surface area contributed by atoms with Gasteiger partial charge >= 0.3 is 23.1 Å². The Morgan fingerprint density at radius 3 is 1.14 bits per heavy atom. The van der Waals surface area contributed by atoms with E-state index in [1.165, 1.54) is 0 Å². The van der Waals surface area contributed by atoms with E-state index in [0.29, 0.717) is 5.75 Å². The smallest absolute Gasteiger partial charge is 1.00 e. The molecule has 0 atom stereocenters. The number of hydrogen-bond donors (Lipinski definition) is 1. The van der Waals surface area contributed by atoms with Crippen LogP contribution in [0.1, 0.15) is 2.85 Å². The molecule has 14 heavy (non-hydrogen) atoms. The van der Waals surface area contributed by atoms with E-state index in [-0.39, 0.29) is 25.9 Å². The second kappa shape index (κ2) is 8.60.